The van der Waals surface area contributed by atoms with E-state index < -0.39 is 0 Å². The molecule has 4 rings (SSSR count). The highest BCUT2D eigenvalue weighted by Gasteiger charge is 2.21. The molecule has 2 fully saturated rings. The van der Waals surface area contributed by atoms with Crippen molar-refractivity contribution in [2.24, 2.45) is 0 Å². The molecule has 2 aromatic heterocycles. The average molecular weight is 482 g/mol. The maximum Gasteiger partial charge on any atom is 0.224 e. The van der Waals surface area contributed by atoms with Gasteiger partial charge in [0.2, 0.25) is 5.95 Å². The Bertz CT molecular complexity index is 899. The van der Waals surface area contributed by atoms with E-state index in [0.717, 1.165) is 88.2 Å². The Labute approximate surface area is 210 Å². The lowest BCUT2D eigenvalue weighted by atomic mass is 9.93. The molecule has 3 N–H and O–H groups in total. The van der Waals surface area contributed by atoms with E-state index in [1.165, 1.54) is 25.1 Å². The molecule has 35 heavy (non-hydrogen) atoms. The second-order valence-corrected chi connectivity index (χ2v) is 10.2. The van der Waals surface area contributed by atoms with E-state index in [-0.39, 0.29) is 6.10 Å². The summed E-state index contributed by atoms with van der Waals surface area (Å²) in [5.41, 5.74) is 3.09. The second kappa shape index (κ2) is 13.1. The molecule has 1 saturated carbocycles. The third-order valence-electron chi connectivity index (χ3n) is 7.27. The number of likely N-dealkylation sites (N-methyl/N-ethyl adjacent to an activating group) is 1. The summed E-state index contributed by atoms with van der Waals surface area (Å²) in [5, 5.41) is 16.9. The van der Waals surface area contributed by atoms with Crippen LogP contribution in [0.15, 0.2) is 24.5 Å². The number of aliphatic hydroxyl groups is 1. The standard InChI is InChI=1S/C27H43N7O/c1-3-4-13-28-27-30-20-24(26(32-27)31-22-7-9-23(35)10-8-22)25-11-6-21(19-29-25)12-16-34-15-5-14-33(2)17-18-34/h6,11,19-20,22-23,35H,3-5,7-10,12-18H2,1-2H3,(H2,28,30,31,32). The number of hydrogen-bond donors (Lipinski definition) is 3. The summed E-state index contributed by atoms with van der Waals surface area (Å²) in [5.74, 6) is 1.48. The Hall–Kier alpha value is -2.29. The lowest BCUT2D eigenvalue weighted by Gasteiger charge is -2.27. The number of hydrogen-bond acceptors (Lipinski definition) is 8. The highest BCUT2D eigenvalue weighted by atomic mass is 16.3. The molecule has 2 aromatic rings. The summed E-state index contributed by atoms with van der Waals surface area (Å²) in [6, 6.07) is 4.60. The van der Waals surface area contributed by atoms with E-state index in [2.05, 4.69) is 51.5 Å². The number of unbranched alkanes of at least 4 members (excludes halogenated alkanes) is 1. The van der Waals surface area contributed by atoms with Gasteiger partial charge in [0.15, 0.2) is 0 Å². The van der Waals surface area contributed by atoms with E-state index in [0.29, 0.717) is 12.0 Å². The molecule has 8 heteroatoms. The molecule has 0 atom stereocenters. The number of aromatic nitrogens is 3. The van der Waals surface area contributed by atoms with Crippen LogP contribution in [0.4, 0.5) is 11.8 Å². The van der Waals surface area contributed by atoms with Gasteiger partial charge in [-0.25, -0.2) is 4.98 Å². The first-order chi connectivity index (χ1) is 17.1. The Morgan fingerprint density at radius 3 is 2.66 bits per heavy atom. The van der Waals surface area contributed by atoms with Crippen LogP contribution in [0.5, 0.6) is 0 Å². The van der Waals surface area contributed by atoms with Gasteiger partial charge in [-0.2, -0.15) is 4.98 Å². The zero-order valence-electron chi connectivity index (χ0n) is 21.5. The summed E-state index contributed by atoms with van der Waals surface area (Å²) in [6.07, 6.45) is 11.8. The minimum absolute atomic E-state index is 0.173. The van der Waals surface area contributed by atoms with Crippen LogP contribution in [0.2, 0.25) is 0 Å². The number of aliphatic hydroxyl groups excluding tert-OH is 1. The summed E-state index contributed by atoms with van der Waals surface area (Å²) < 4.78 is 0. The largest absolute Gasteiger partial charge is 0.393 e. The molecule has 1 aliphatic carbocycles. The molecule has 0 amide bonds. The van der Waals surface area contributed by atoms with Gasteiger partial charge in [0.05, 0.1) is 17.4 Å². The molecule has 0 spiro atoms. The predicted octanol–water partition coefficient (Wildman–Crippen LogP) is 3.65. The minimum atomic E-state index is -0.173. The van der Waals surface area contributed by atoms with Crippen LogP contribution in [0.1, 0.15) is 57.4 Å². The topological polar surface area (TPSA) is 89.4 Å². The molecule has 0 bridgehead atoms. The Morgan fingerprint density at radius 1 is 1.03 bits per heavy atom. The summed E-state index contributed by atoms with van der Waals surface area (Å²) in [4.78, 5) is 19.2. The van der Waals surface area contributed by atoms with Crippen LogP contribution in [0.25, 0.3) is 11.3 Å². The number of rotatable bonds is 10. The number of anilines is 2. The quantitative estimate of drug-likeness (QED) is 0.443. The maximum atomic E-state index is 9.89. The fraction of sp³-hybridized carbons (Fsp3) is 0.667. The van der Waals surface area contributed by atoms with Gasteiger partial charge in [0.1, 0.15) is 5.82 Å². The molecule has 192 valence electrons. The summed E-state index contributed by atoms with van der Waals surface area (Å²) in [7, 11) is 2.21. The normalized spacial score (nSPS) is 22.0. The van der Waals surface area contributed by atoms with E-state index >= 15 is 0 Å². The van der Waals surface area contributed by atoms with Gasteiger partial charge >= 0.3 is 0 Å². The van der Waals surface area contributed by atoms with Crippen molar-refractivity contribution in [2.75, 3.05) is 56.9 Å². The molecular weight excluding hydrogens is 438 g/mol. The molecule has 2 aliphatic rings. The SMILES string of the molecule is CCCCNc1ncc(-c2ccc(CCN3CCCN(C)CC3)cn2)c(NC2CCC(O)CC2)n1. The smallest absolute Gasteiger partial charge is 0.224 e. The van der Waals surface area contributed by atoms with Crippen molar-refractivity contribution in [3.05, 3.63) is 30.1 Å². The molecular formula is C27H43N7O. The maximum absolute atomic E-state index is 9.89. The molecule has 8 nitrogen and oxygen atoms in total. The number of nitrogens with one attached hydrogen (secondary N) is 2. The highest BCUT2D eigenvalue weighted by molar-refractivity contribution is 5.73. The van der Waals surface area contributed by atoms with Crippen molar-refractivity contribution in [1.29, 1.82) is 0 Å². The van der Waals surface area contributed by atoms with Gasteiger partial charge in [-0.15, -0.1) is 0 Å². The van der Waals surface area contributed by atoms with Gasteiger partial charge in [0, 0.05) is 44.6 Å². The van der Waals surface area contributed by atoms with Crippen LogP contribution in [0, 0.1) is 0 Å². The predicted molar refractivity (Wildman–Crippen MR) is 143 cm³/mol. The van der Waals surface area contributed by atoms with Crippen LogP contribution >= 0.6 is 0 Å². The minimum Gasteiger partial charge on any atom is -0.393 e. The van der Waals surface area contributed by atoms with Gasteiger partial charge in [-0.05, 0) is 76.7 Å². The second-order valence-electron chi connectivity index (χ2n) is 10.2. The lowest BCUT2D eigenvalue weighted by Crippen LogP contribution is -2.30. The van der Waals surface area contributed by atoms with Gasteiger partial charge in [-0.1, -0.05) is 19.4 Å². The zero-order valence-corrected chi connectivity index (χ0v) is 21.5. The molecule has 0 unspecified atom stereocenters. The van der Waals surface area contributed by atoms with Crippen LogP contribution in [-0.2, 0) is 6.42 Å². The lowest BCUT2D eigenvalue weighted by molar-refractivity contribution is 0.126. The van der Waals surface area contributed by atoms with Crippen molar-refractivity contribution in [3.8, 4) is 11.3 Å². The van der Waals surface area contributed by atoms with E-state index in [1.807, 2.05) is 12.4 Å². The fourth-order valence-electron chi connectivity index (χ4n) is 4.90. The molecule has 0 radical (unpaired) electrons. The van der Waals surface area contributed by atoms with Crippen molar-refractivity contribution < 1.29 is 5.11 Å². The Morgan fingerprint density at radius 2 is 1.89 bits per heavy atom. The number of pyridine rings is 1. The first-order valence-electron chi connectivity index (χ1n) is 13.5. The van der Waals surface area contributed by atoms with Crippen molar-refractivity contribution >= 4 is 11.8 Å². The molecule has 3 heterocycles. The van der Waals surface area contributed by atoms with E-state index in [9.17, 15) is 5.11 Å². The zero-order chi connectivity index (χ0) is 24.5. The fourth-order valence-corrected chi connectivity index (χ4v) is 4.90. The van der Waals surface area contributed by atoms with Crippen molar-refractivity contribution in [2.45, 2.75) is 70.4 Å². The van der Waals surface area contributed by atoms with Crippen LogP contribution in [0.3, 0.4) is 0 Å². The average Bonchev–Trinajstić information content (AvgIpc) is 3.09. The summed E-state index contributed by atoms with van der Waals surface area (Å²) in [6.45, 7) is 8.79. The van der Waals surface area contributed by atoms with Crippen LogP contribution in [-0.4, -0.2) is 88.3 Å². The van der Waals surface area contributed by atoms with Crippen molar-refractivity contribution in [3.63, 3.8) is 0 Å². The first kappa shape index (κ1) is 25.8. The molecule has 1 aliphatic heterocycles. The van der Waals surface area contributed by atoms with Gasteiger partial charge < -0.3 is 25.5 Å². The highest BCUT2D eigenvalue weighted by Crippen LogP contribution is 2.29. The van der Waals surface area contributed by atoms with Gasteiger partial charge in [0.25, 0.3) is 0 Å². The van der Waals surface area contributed by atoms with E-state index in [1.54, 1.807) is 0 Å². The Kier molecular flexibility index (Phi) is 9.68. The van der Waals surface area contributed by atoms with Gasteiger partial charge in [-0.3, -0.25) is 4.98 Å². The van der Waals surface area contributed by atoms with E-state index in [4.69, 9.17) is 9.97 Å². The van der Waals surface area contributed by atoms with Crippen LogP contribution < -0.4 is 10.6 Å². The Balaban J connectivity index is 1.43. The monoisotopic (exact) mass is 481 g/mol. The third kappa shape index (κ3) is 7.85. The molecule has 1 saturated heterocycles. The summed E-state index contributed by atoms with van der Waals surface area (Å²) >= 11 is 0. The van der Waals surface area contributed by atoms with Crippen molar-refractivity contribution in [1.82, 2.24) is 24.8 Å². The third-order valence-corrected chi connectivity index (χ3v) is 7.27. The number of nitrogens with zero attached hydrogens (tertiary/aromatic N) is 5. The molecule has 0 aromatic carbocycles. The first-order valence-corrected chi connectivity index (χ1v) is 13.5.